The van der Waals surface area contributed by atoms with Gasteiger partial charge in [-0.25, -0.2) is 18.0 Å². The Morgan fingerprint density at radius 1 is 1.12 bits per heavy atom. The summed E-state index contributed by atoms with van der Waals surface area (Å²) in [4.78, 5) is 15.5. The van der Waals surface area contributed by atoms with Crippen molar-refractivity contribution in [3.05, 3.63) is 35.1 Å². The van der Waals surface area contributed by atoms with Crippen molar-refractivity contribution >= 4 is 6.09 Å². The van der Waals surface area contributed by atoms with Gasteiger partial charge >= 0.3 is 6.09 Å². The Balaban J connectivity index is 1.43. The van der Waals surface area contributed by atoms with Gasteiger partial charge in [0.15, 0.2) is 11.6 Å². The Morgan fingerprint density at radius 2 is 1.85 bits per heavy atom. The first-order valence-corrected chi connectivity index (χ1v) is 8.92. The molecule has 4 rings (SSSR count). The van der Waals surface area contributed by atoms with Crippen LogP contribution < -0.4 is 5.73 Å². The van der Waals surface area contributed by atoms with Gasteiger partial charge in [0.1, 0.15) is 11.9 Å². The standard InChI is InChI=1S/C18H22F3N3O2/c1-23-16-7-24(8-17(16)26-18(23)25)9-2-3-10(15(22)4-9)11-5-13(20)14(21)6-12(11)19/h5-6,9-10,15-17H,2-4,7-8,22H2,1H3/t9-,10?,15-,16?,17-/m0/s1. The highest BCUT2D eigenvalue weighted by molar-refractivity contribution is 5.70. The molecule has 0 radical (unpaired) electrons. The first kappa shape index (κ1) is 17.6. The van der Waals surface area contributed by atoms with Crippen LogP contribution in [0.25, 0.3) is 0 Å². The lowest BCUT2D eigenvalue weighted by atomic mass is 9.77. The molecule has 1 aliphatic carbocycles. The van der Waals surface area contributed by atoms with Crippen molar-refractivity contribution in [2.24, 2.45) is 5.73 Å². The average molecular weight is 369 g/mol. The van der Waals surface area contributed by atoms with E-state index in [0.29, 0.717) is 25.5 Å². The number of benzene rings is 1. The molecule has 3 fully saturated rings. The summed E-state index contributed by atoms with van der Waals surface area (Å²) < 4.78 is 46.2. The summed E-state index contributed by atoms with van der Waals surface area (Å²) in [6.45, 7) is 1.40. The van der Waals surface area contributed by atoms with Gasteiger partial charge in [0.25, 0.3) is 0 Å². The summed E-state index contributed by atoms with van der Waals surface area (Å²) in [6, 6.07) is 1.46. The normalized spacial score (nSPS) is 34.9. The molecule has 2 aliphatic heterocycles. The fourth-order valence-electron chi connectivity index (χ4n) is 4.64. The fourth-order valence-corrected chi connectivity index (χ4v) is 4.64. The summed E-state index contributed by atoms with van der Waals surface area (Å²) >= 11 is 0. The molecule has 0 aromatic heterocycles. The molecule has 1 aromatic carbocycles. The van der Waals surface area contributed by atoms with Crippen LogP contribution in [0.5, 0.6) is 0 Å². The monoisotopic (exact) mass is 369 g/mol. The van der Waals surface area contributed by atoms with E-state index in [1.54, 1.807) is 11.9 Å². The molecular weight excluding hydrogens is 347 g/mol. The maximum Gasteiger partial charge on any atom is 0.410 e. The molecule has 2 heterocycles. The molecule has 1 saturated carbocycles. The van der Waals surface area contributed by atoms with E-state index in [9.17, 15) is 18.0 Å². The smallest absolute Gasteiger partial charge is 0.410 e. The van der Waals surface area contributed by atoms with Crippen LogP contribution in [0.1, 0.15) is 30.7 Å². The molecule has 8 heteroatoms. The Morgan fingerprint density at radius 3 is 2.54 bits per heavy atom. The highest BCUT2D eigenvalue weighted by atomic mass is 19.2. The van der Waals surface area contributed by atoms with Crippen molar-refractivity contribution in [3.8, 4) is 0 Å². The Hall–Kier alpha value is -1.80. The predicted octanol–water partition coefficient (Wildman–Crippen LogP) is 2.20. The number of hydrogen-bond acceptors (Lipinski definition) is 4. The first-order chi connectivity index (χ1) is 12.3. The van der Waals surface area contributed by atoms with E-state index in [0.717, 1.165) is 19.0 Å². The van der Waals surface area contributed by atoms with Crippen LogP contribution in [0, 0.1) is 17.5 Å². The molecular formula is C18H22F3N3O2. The molecule has 1 aromatic rings. The summed E-state index contributed by atoms with van der Waals surface area (Å²) in [7, 11) is 1.74. The van der Waals surface area contributed by atoms with Crippen molar-refractivity contribution in [2.45, 2.75) is 49.4 Å². The third kappa shape index (κ3) is 2.85. The van der Waals surface area contributed by atoms with Gasteiger partial charge in [0.2, 0.25) is 0 Å². The lowest BCUT2D eigenvalue weighted by molar-refractivity contribution is 0.102. The number of fused-ring (bicyclic) bond motifs is 1. The largest absolute Gasteiger partial charge is 0.442 e. The molecule has 3 aliphatic rings. The van der Waals surface area contributed by atoms with Crippen LogP contribution in [0.15, 0.2) is 12.1 Å². The van der Waals surface area contributed by atoms with Crippen molar-refractivity contribution in [2.75, 3.05) is 20.1 Å². The maximum absolute atomic E-state index is 14.1. The van der Waals surface area contributed by atoms with E-state index >= 15 is 0 Å². The number of likely N-dealkylation sites (tertiary alicyclic amines) is 1. The number of carbonyl (C=O) groups is 1. The Bertz CT molecular complexity index is 732. The number of hydrogen-bond donors (Lipinski definition) is 1. The number of nitrogens with two attached hydrogens (primary N) is 1. The minimum Gasteiger partial charge on any atom is -0.442 e. The van der Waals surface area contributed by atoms with Gasteiger partial charge in [-0.05, 0) is 30.9 Å². The van der Waals surface area contributed by atoms with Crippen LogP contribution in [-0.2, 0) is 4.74 Å². The predicted molar refractivity (Wildman–Crippen MR) is 88.1 cm³/mol. The zero-order chi connectivity index (χ0) is 18.6. The number of rotatable bonds is 2. The average Bonchev–Trinajstić information content (AvgIpc) is 3.11. The molecule has 5 nitrogen and oxygen atoms in total. The molecule has 1 amide bonds. The van der Waals surface area contributed by atoms with E-state index in [-0.39, 0.29) is 41.8 Å². The van der Waals surface area contributed by atoms with Crippen LogP contribution >= 0.6 is 0 Å². The third-order valence-electron chi connectivity index (χ3n) is 6.13. The number of halogens is 3. The second kappa shape index (κ2) is 6.42. The lowest BCUT2D eigenvalue weighted by Gasteiger charge is -2.39. The number of nitrogens with zero attached hydrogens (tertiary/aromatic N) is 2. The Kier molecular flexibility index (Phi) is 4.35. The SMILES string of the molecule is CN1C(=O)O[C@H]2CN([C@H]3CCC(c4cc(F)c(F)cc4F)[C@@H](N)C3)CC21. The summed E-state index contributed by atoms with van der Waals surface area (Å²) in [6.07, 6.45) is 1.63. The topological polar surface area (TPSA) is 58.8 Å². The van der Waals surface area contributed by atoms with Crippen molar-refractivity contribution in [1.29, 1.82) is 0 Å². The third-order valence-corrected chi connectivity index (χ3v) is 6.13. The van der Waals surface area contributed by atoms with Gasteiger partial charge < -0.3 is 15.4 Å². The van der Waals surface area contributed by atoms with Gasteiger partial charge in [-0.15, -0.1) is 0 Å². The lowest BCUT2D eigenvalue weighted by Crippen LogP contribution is -2.46. The zero-order valence-corrected chi connectivity index (χ0v) is 14.5. The van der Waals surface area contributed by atoms with Crippen LogP contribution in [0.4, 0.5) is 18.0 Å². The number of carbonyl (C=O) groups excluding carboxylic acids is 1. The summed E-state index contributed by atoms with van der Waals surface area (Å²) in [5.41, 5.74) is 6.44. The van der Waals surface area contributed by atoms with E-state index < -0.39 is 17.5 Å². The molecule has 2 N–H and O–H groups in total. The second-order valence-electron chi connectivity index (χ2n) is 7.58. The first-order valence-electron chi connectivity index (χ1n) is 8.92. The van der Waals surface area contributed by atoms with E-state index in [4.69, 9.17) is 10.5 Å². The summed E-state index contributed by atoms with van der Waals surface area (Å²) in [5.74, 6) is -3.31. The maximum atomic E-state index is 14.1. The van der Waals surface area contributed by atoms with Crippen LogP contribution in [0.3, 0.4) is 0 Å². The molecule has 142 valence electrons. The van der Waals surface area contributed by atoms with Gasteiger partial charge in [-0.3, -0.25) is 4.90 Å². The van der Waals surface area contributed by atoms with Crippen molar-refractivity contribution in [3.63, 3.8) is 0 Å². The fraction of sp³-hybridized carbons (Fsp3) is 0.611. The molecule has 2 saturated heterocycles. The van der Waals surface area contributed by atoms with Gasteiger partial charge in [-0.2, -0.15) is 0 Å². The van der Waals surface area contributed by atoms with E-state index in [1.165, 1.54) is 0 Å². The minimum atomic E-state index is -1.18. The molecule has 26 heavy (non-hydrogen) atoms. The minimum absolute atomic E-state index is 0.0556. The summed E-state index contributed by atoms with van der Waals surface area (Å²) in [5, 5.41) is 0. The quantitative estimate of drug-likeness (QED) is 0.812. The van der Waals surface area contributed by atoms with Crippen LogP contribution in [-0.4, -0.2) is 60.3 Å². The van der Waals surface area contributed by atoms with E-state index in [2.05, 4.69) is 4.90 Å². The second-order valence-corrected chi connectivity index (χ2v) is 7.58. The zero-order valence-electron chi connectivity index (χ0n) is 14.5. The van der Waals surface area contributed by atoms with Crippen molar-refractivity contribution < 1.29 is 22.7 Å². The van der Waals surface area contributed by atoms with Gasteiger partial charge in [0, 0.05) is 44.2 Å². The number of likely N-dealkylation sites (N-methyl/N-ethyl adjacent to an activating group) is 1. The Labute approximate surface area is 149 Å². The molecule has 5 atom stereocenters. The molecule has 2 unspecified atom stereocenters. The van der Waals surface area contributed by atoms with Gasteiger partial charge in [-0.1, -0.05) is 0 Å². The number of ether oxygens (including phenoxy) is 1. The van der Waals surface area contributed by atoms with Gasteiger partial charge in [0.05, 0.1) is 6.04 Å². The highest BCUT2D eigenvalue weighted by Gasteiger charge is 2.48. The molecule has 0 bridgehead atoms. The highest BCUT2D eigenvalue weighted by Crippen LogP contribution is 2.38. The van der Waals surface area contributed by atoms with Crippen LogP contribution in [0.2, 0.25) is 0 Å². The van der Waals surface area contributed by atoms with E-state index in [1.807, 2.05) is 0 Å². The molecule has 0 spiro atoms. The number of amides is 1. The van der Waals surface area contributed by atoms with Crippen molar-refractivity contribution in [1.82, 2.24) is 9.80 Å².